The van der Waals surface area contributed by atoms with Gasteiger partial charge in [-0.1, -0.05) is 5.16 Å². The lowest BCUT2D eigenvalue weighted by atomic mass is 9.98. The Hall–Kier alpha value is -3.23. The van der Waals surface area contributed by atoms with E-state index in [0.717, 1.165) is 36.7 Å². The van der Waals surface area contributed by atoms with E-state index in [2.05, 4.69) is 37.4 Å². The van der Waals surface area contributed by atoms with Crippen LogP contribution in [0.4, 0.5) is 5.82 Å². The fourth-order valence-corrected chi connectivity index (χ4v) is 3.80. The van der Waals surface area contributed by atoms with Gasteiger partial charge in [0.05, 0.1) is 0 Å². The van der Waals surface area contributed by atoms with Gasteiger partial charge in [-0.05, 0) is 39.7 Å². The van der Waals surface area contributed by atoms with Crippen LogP contribution in [0.1, 0.15) is 41.8 Å². The van der Waals surface area contributed by atoms with E-state index < -0.39 is 0 Å². The summed E-state index contributed by atoms with van der Waals surface area (Å²) >= 11 is 0. The summed E-state index contributed by atoms with van der Waals surface area (Å²) in [6, 6.07) is 5.78. The van der Waals surface area contributed by atoms with Crippen molar-refractivity contribution in [3.8, 4) is 11.5 Å². The molecule has 2 unspecified atom stereocenters. The molecule has 3 aromatic heterocycles. The zero-order valence-corrected chi connectivity index (χ0v) is 17.1. The normalized spacial score (nSPS) is 19.4. The highest BCUT2D eigenvalue weighted by Gasteiger charge is 2.28. The number of carbonyl (C=O) groups is 1. The Morgan fingerprint density at radius 3 is 2.79 bits per heavy atom. The lowest BCUT2D eigenvalue weighted by Gasteiger charge is -2.38. The molecule has 1 aliphatic rings. The quantitative estimate of drug-likeness (QED) is 0.723. The van der Waals surface area contributed by atoms with Crippen LogP contribution < -0.4 is 10.2 Å². The second-order valence-corrected chi connectivity index (χ2v) is 7.60. The van der Waals surface area contributed by atoms with Gasteiger partial charge in [-0.25, -0.2) is 9.97 Å². The molecule has 1 amide bonds. The number of piperidine rings is 1. The summed E-state index contributed by atoms with van der Waals surface area (Å²) < 4.78 is 6.96. The van der Waals surface area contributed by atoms with Crippen molar-refractivity contribution in [1.29, 1.82) is 0 Å². The number of hydrogen-bond donors (Lipinski definition) is 1. The van der Waals surface area contributed by atoms with Crippen molar-refractivity contribution in [3.05, 3.63) is 41.6 Å². The maximum Gasteiger partial charge on any atom is 0.273 e. The molecule has 1 N–H and O–H groups in total. The molecule has 29 heavy (non-hydrogen) atoms. The Balaban J connectivity index is 1.39. The number of nitrogens with one attached hydrogen (secondary N) is 1. The van der Waals surface area contributed by atoms with Crippen molar-refractivity contribution in [1.82, 2.24) is 30.2 Å². The highest BCUT2D eigenvalue weighted by atomic mass is 16.5. The number of carbonyl (C=O) groups excluding carboxylic acids is 1. The van der Waals surface area contributed by atoms with Crippen LogP contribution in [0.2, 0.25) is 0 Å². The van der Waals surface area contributed by atoms with Gasteiger partial charge in [0.2, 0.25) is 0 Å². The first kappa shape index (κ1) is 19.1. The van der Waals surface area contributed by atoms with Crippen molar-refractivity contribution in [2.45, 2.75) is 45.7 Å². The predicted molar refractivity (Wildman–Crippen MR) is 108 cm³/mol. The van der Waals surface area contributed by atoms with Crippen LogP contribution in [0.5, 0.6) is 0 Å². The fourth-order valence-electron chi connectivity index (χ4n) is 3.80. The smallest absolute Gasteiger partial charge is 0.273 e. The summed E-state index contributed by atoms with van der Waals surface area (Å²) in [5, 5.41) is 11.3. The van der Waals surface area contributed by atoms with E-state index in [1.807, 2.05) is 39.2 Å². The molecule has 9 nitrogen and oxygen atoms in total. The minimum Gasteiger partial charge on any atom is -0.354 e. The minimum absolute atomic E-state index is 0.0766. The molecule has 1 fully saturated rings. The first-order valence-corrected chi connectivity index (χ1v) is 9.75. The highest BCUT2D eigenvalue weighted by molar-refractivity contribution is 5.93. The number of hydrogen-bond acceptors (Lipinski definition) is 7. The maximum absolute atomic E-state index is 12.6. The summed E-state index contributed by atoms with van der Waals surface area (Å²) in [4.78, 5) is 23.8. The average Bonchev–Trinajstić information content (AvgIpc) is 3.30. The predicted octanol–water partition coefficient (Wildman–Crippen LogP) is 2.27. The third kappa shape index (κ3) is 4.13. The van der Waals surface area contributed by atoms with E-state index in [4.69, 9.17) is 4.52 Å². The number of amides is 1. The lowest BCUT2D eigenvalue weighted by Crippen LogP contribution is -2.49. The molecule has 1 saturated heterocycles. The molecular formula is C20H25N7O2. The molecule has 0 radical (unpaired) electrons. The Morgan fingerprint density at radius 2 is 2.10 bits per heavy atom. The van der Waals surface area contributed by atoms with Crippen molar-refractivity contribution < 1.29 is 9.32 Å². The van der Waals surface area contributed by atoms with Gasteiger partial charge in [-0.2, -0.15) is 5.10 Å². The Bertz CT molecular complexity index is 1010. The van der Waals surface area contributed by atoms with Gasteiger partial charge >= 0.3 is 0 Å². The SMILES string of the molecule is Cc1cc(N2CCC(NC(=O)c3cc(-c4ccn(C)n4)on3)CC2C)nc(C)n1. The van der Waals surface area contributed by atoms with E-state index >= 15 is 0 Å². The summed E-state index contributed by atoms with van der Waals surface area (Å²) in [5.74, 6) is 1.98. The molecule has 2 atom stereocenters. The van der Waals surface area contributed by atoms with Crippen LogP contribution in [-0.4, -0.2) is 49.4 Å². The van der Waals surface area contributed by atoms with Gasteiger partial charge in [-0.3, -0.25) is 9.48 Å². The van der Waals surface area contributed by atoms with Gasteiger partial charge in [-0.15, -0.1) is 0 Å². The fraction of sp³-hybridized carbons (Fsp3) is 0.450. The van der Waals surface area contributed by atoms with Crippen molar-refractivity contribution in [2.24, 2.45) is 7.05 Å². The monoisotopic (exact) mass is 395 g/mol. The minimum atomic E-state index is -0.227. The second-order valence-electron chi connectivity index (χ2n) is 7.60. The van der Waals surface area contributed by atoms with Crippen LogP contribution in [0.15, 0.2) is 28.9 Å². The van der Waals surface area contributed by atoms with Crippen LogP contribution in [0, 0.1) is 13.8 Å². The third-order valence-corrected chi connectivity index (χ3v) is 5.17. The first-order chi connectivity index (χ1) is 13.9. The Kier molecular flexibility index (Phi) is 5.04. The van der Waals surface area contributed by atoms with E-state index in [9.17, 15) is 4.79 Å². The van der Waals surface area contributed by atoms with Crippen molar-refractivity contribution >= 4 is 11.7 Å². The number of aryl methyl sites for hydroxylation is 3. The Labute approximate surface area is 169 Å². The van der Waals surface area contributed by atoms with Gasteiger partial charge in [0.25, 0.3) is 5.91 Å². The summed E-state index contributed by atoms with van der Waals surface area (Å²) in [5.41, 5.74) is 1.88. The highest BCUT2D eigenvalue weighted by Crippen LogP contribution is 2.24. The van der Waals surface area contributed by atoms with E-state index in [0.29, 0.717) is 11.5 Å². The van der Waals surface area contributed by atoms with Gasteiger partial charge < -0.3 is 14.7 Å². The Morgan fingerprint density at radius 1 is 1.28 bits per heavy atom. The van der Waals surface area contributed by atoms with Crippen molar-refractivity contribution in [2.75, 3.05) is 11.4 Å². The molecule has 3 aromatic rings. The summed E-state index contributed by atoms with van der Waals surface area (Å²) in [6.07, 6.45) is 3.48. The largest absolute Gasteiger partial charge is 0.354 e. The molecule has 0 spiro atoms. The third-order valence-electron chi connectivity index (χ3n) is 5.17. The molecule has 4 rings (SSSR count). The molecule has 1 aliphatic heterocycles. The molecule has 152 valence electrons. The zero-order chi connectivity index (χ0) is 20.5. The molecule has 0 bridgehead atoms. The number of aromatic nitrogens is 5. The molecule has 4 heterocycles. The second kappa shape index (κ2) is 7.65. The van der Waals surface area contributed by atoms with E-state index in [1.165, 1.54) is 0 Å². The summed E-state index contributed by atoms with van der Waals surface area (Å²) in [7, 11) is 1.82. The van der Waals surface area contributed by atoms with E-state index in [-0.39, 0.29) is 23.7 Å². The van der Waals surface area contributed by atoms with Gasteiger partial charge in [0.1, 0.15) is 17.3 Å². The van der Waals surface area contributed by atoms with Crippen LogP contribution >= 0.6 is 0 Å². The summed E-state index contributed by atoms with van der Waals surface area (Å²) in [6.45, 7) is 6.86. The number of rotatable bonds is 4. The maximum atomic E-state index is 12.6. The standard InChI is InChI=1S/C20H25N7O2/c1-12-9-19(22-14(3)21-12)27-8-5-15(10-13(27)2)23-20(28)17-11-18(29-25-17)16-6-7-26(4)24-16/h6-7,9,11,13,15H,5,8,10H2,1-4H3,(H,23,28). The zero-order valence-electron chi connectivity index (χ0n) is 17.1. The van der Waals surface area contributed by atoms with Crippen LogP contribution in [0.3, 0.4) is 0 Å². The average molecular weight is 395 g/mol. The van der Waals surface area contributed by atoms with E-state index in [1.54, 1.807) is 10.7 Å². The number of anilines is 1. The van der Waals surface area contributed by atoms with Gasteiger partial charge in [0.15, 0.2) is 11.5 Å². The molecule has 9 heteroatoms. The lowest BCUT2D eigenvalue weighted by molar-refractivity contribution is 0.0919. The van der Waals surface area contributed by atoms with Crippen LogP contribution in [0.25, 0.3) is 11.5 Å². The van der Waals surface area contributed by atoms with Gasteiger partial charge in [0, 0.05) is 49.7 Å². The topological polar surface area (TPSA) is 102 Å². The first-order valence-electron chi connectivity index (χ1n) is 9.75. The molecule has 0 aliphatic carbocycles. The number of nitrogens with zero attached hydrogens (tertiary/aromatic N) is 6. The molecule has 0 saturated carbocycles. The molecular weight excluding hydrogens is 370 g/mol. The molecule has 0 aromatic carbocycles. The van der Waals surface area contributed by atoms with Crippen molar-refractivity contribution in [3.63, 3.8) is 0 Å². The van der Waals surface area contributed by atoms with Crippen LogP contribution in [-0.2, 0) is 7.05 Å².